The third-order valence-electron chi connectivity index (χ3n) is 4.03. The molecule has 0 aliphatic rings. The highest BCUT2D eigenvalue weighted by Gasteiger charge is 2.16. The number of carbonyl (C=O) groups is 1. The van der Waals surface area contributed by atoms with Gasteiger partial charge >= 0.3 is 5.97 Å². The fraction of sp³-hybridized carbons (Fsp3) is 0.0952. The van der Waals surface area contributed by atoms with Crippen molar-refractivity contribution in [1.82, 2.24) is 0 Å². The van der Waals surface area contributed by atoms with E-state index in [9.17, 15) is 22.0 Å². The first-order valence-electron chi connectivity index (χ1n) is 8.65. The predicted octanol–water partition coefficient (Wildman–Crippen LogP) is 4.61. The zero-order valence-corrected chi connectivity index (χ0v) is 16.2. The summed E-state index contributed by atoms with van der Waals surface area (Å²) in [6.45, 7) is 1.88. The van der Waals surface area contributed by atoms with Crippen LogP contribution in [0.3, 0.4) is 0 Å². The summed E-state index contributed by atoms with van der Waals surface area (Å²) in [6.07, 6.45) is 0. The second-order valence-corrected chi connectivity index (χ2v) is 7.74. The van der Waals surface area contributed by atoms with Crippen LogP contribution in [0.2, 0.25) is 0 Å². The van der Waals surface area contributed by atoms with Crippen molar-refractivity contribution >= 4 is 21.7 Å². The van der Waals surface area contributed by atoms with Crippen molar-refractivity contribution in [2.75, 3.05) is 11.3 Å². The highest BCUT2D eigenvalue weighted by atomic mass is 32.2. The number of rotatable bonds is 6. The van der Waals surface area contributed by atoms with Crippen LogP contribution in [0.25, 0.3) is 11.1 Å². The molecule has 3 aromatic carbocycles. The van der Waals surface area contributed by atoms with E-state index in [0.717, 1.165) is 12.1 Å². The number of anilines is 1. The van der Waals surface area contributed by atoms with Gasteiger partial charge in [-0.3, -0.25) is 4.72 Å². The van der Waals surface area contributed by atoms with E-state index in [1.807, 2.05) is 0 Å². The predicted molar refractivity (Wildman–Crippen MR) is 105 cm³/mol. The third kappa shape index (κ3) is 4.78. The monoisotopic (exact) mass is 417 g/mol. The Labute approximate surface area is 167 Å². The molecule has 0 radical (unpaired) electrons. The van der Waals surface area contributed by atoms with Gasteiger partial charge in [-0.15, -0.1) is 0 Å². The summed E-state index contributed by atoms with van der Waals surface area (Å²) in [4.78, 5) is 11.7. The van der Waals surface area contributed by atoms with Crippen LogP contribution in [0.1, 0.15) is 17.3 Å². The van der Waals surface area contributed by atoms with Crippen LogP contribution < -0.4 is 4.72 Å². The van der Waals surface area contributed by atoms with Crippen LogP contribution in [0.15, 0.2) is 71.6 Å². The largest absolute Gasteiger partial charge is 0.462 e. The Morgan fingerprint density at radius 1 is 1.00 bits per heavy atom. The Bertz CT molecular complexity index is 1150. The van der Waals surface area contributed by atoms with Crippen molar-refractivity contribution < 1.29 is 26.7 Å². The molecule has 0 aliphatic heterocycles. The Hall–Kier alpha value is -3.26. The van der Waals surface area contributed by atoms with Gasteiger partial charge in [0.25, 0.3) is 10.0 Å². The maximum Gasteiger partial charge on any atom is 0.338 e. The van der Waals surface area contributed by atoms with Gasteiger partial charge in [-0.1, -0.05) is 18.2 Å². The maximum atomic E-state index is 13.9. The normalized spacial score (nSPS) is 11.1. The highest BCUT2D eigenvalue weighted by Crippen LogP contribution is 2.25. The number of esters is 1. The van der Waals surface area contributed by atoms with E-state index in [1.54, 1.807) is 6.92 Å². The molecule has 0 unspecified atom stereocenters. The lowest BCUT2D eigenvalue weighted by atomic mass is 10.1. The number of hydrogen-bond donors (Lipinski definition) is 1. The van der Waals surface area contributed by atoms with Gasteiger partial charge in [0.05, 0.1) is 17.1 Å². The van der Waals surface area contributed by atoms with Gasteiger partial charge in [-0.25, -0.2) is 22.0 Å². The molecule has 3 rings (SSSR count). The van der Waals surface area contributed by atoms with Crippen LogP contribution in [-0.4, -0.2) is 21.0 Å². The second-order valence-electron chi connectivity index (χ2n) is 6.06. The molecule has 0 atom stereocenters. The summed E-state index contributed by atoms with van der Waals surface area (Å²) in [5.41, 5.74) is 0.981. The number of carbonyl (C=O) groups excluding carboxylic acids is 1. The molecule has 0 heterocycles. The fourth-order valence-corrected chi connectivity index (χ4v) is 3.72. The average molecular weight is 417 g/mol. The molecule has 29 heavy (non-hydrogen) atoms. The molecule has 0 aromatic heterocycles. The van der Waals surface area contributed by atoms with Crippen LogP contribution in [0, 0.1) is 11.6 Å². The molecule has 0 saturated heterocycles. The molecule has 150 valence electrons. The SMILES string of the molecule is CCOC(=O)c1cccc(NS(=O)(=O)c2ccc(-c3ccc(F)cc3F)cc2)c1. The first-order chi connectivity index (χ1) is 13.8. The van der Waals surface area contributed by atoms with Crippen molar-refractivity contribution in [3.8, 4) is 11.1 Å². The standard InChI is InChI=1S/C21H17F2NO4S/c1-2-28-21(25)15-4-3-5-17(12-15)24-29(26,27)18-9-6-14(7-10-18)19-11-8-16(22)13-20(19)23/h3-13,24H,2H2,1H3. The van der Waals surface area contributed by atoms with Crippen molar-refractivity contribution in [3.05, 3.63) is 83.9 Å². The number of benzene rings is 3. The lowest BCUT2D eigenvalue weighted by Crippen LogP contribution is -2.13. The average Bonchev–Trinajstić information content (AvgIpc) is 2.68. The summed E-state index contributed by atoms with van der Waals surface area (Å²) in [5, 5.41) is 0. The Balaban J connectivity index is 1.83. The van der Waals surface area contributed by atoms with Crippen LogP contribution in [-0.2, 0) is 14.8 Å². The molecule has 1 N–H and O–H groups in total. The zero-order chi connectivity index (χ0) is 21.0. The Morgan fingerprint density at radius 3 is 2.38 bits per heavy atom. The van der Waals surface area contributed by atoms with Crippen LogP contribution >= 0.6 is 0 Å². The summed E-state index contributed by atoms with van der Waals surface area (Å²) < 4.78 is 59.5. The van der Waals surface area contributed by atoms with Gasteiger partial charge in [0, 0.05) is 17.3 Å². The van der Waals surface area contributed by atoms with Crippen molar-refractivity contribution in [3.63, 3.8) is 0 Å². The van der Waals surface area contributed by atoms with Gasteiger partial charge in [0.2, 0.25) is 0 Å². The lowest BCUT2D eigenvalue weighted by Gasteiger charge is -2.10. The zero-order valence-electron chi connectivity index (χ0n) is 15.4. The molecular weight excluding hydrogens is 400 g/mol. The first kappa shape index (κ1) is 20.5. The van der Waals surface area contributed by atoms with Gasteiger partial charge in [0.15, 0.2) is 0 Å². The number of nitrogens with one attached hydrogen (secondary N) is 1. The number of halogens is 2. The topological polar surface area (TPSA) is 72.5 Å². The van der Waals surface area contributed by atoms with Gasteiger partial charge in [0.1, 0.15) is 11.6 Å². The number of hydrogen-bond acceptors (Lipinski definition) is 4. The Kier molecular flexibility index (Phi) is 5.93. The van der Waals surface area contributed by atoms with E-state index in [4.69, 9.17) is 4.74 Å². The maximum absolute atomic E-state index is 13.9. The minimum atomic E-state index is -3.94. The molecular formula is C21H17F2NO4S. The lowest BCUT2D eigenvalue weighted by molar-refractivity contribution is 0.0526. The van der Waals surface area contributed by atoms with Crippen molar-refractivity contribution in [2.24, 2.45) is 0 Å². The van der Waals surface area contributed by atoms with Gasteiger partial charge in [-0.2, -0.15) is 0 Å². The third-order valence-corrected chi connectivity index (χ3v) is 5.43. The quantitative estimate of drug-likeness (QED) is 0.595. The number of sulfonamides is 1. The summed E-state index contributed by atoms with van der Waals surface area (Å²) in [7, 11) is -3.94. The minimum absolute atomic E-state index is 0.0506. The smallest absolute Gasteiger partial charge is 0.338 e. The molecule has 0 amide bonds. The van der Waals surface area contributed by atoms with E-state index in [-0.39, 0.29) is 28.3 Å². The van der Waals surface area contributed by atoms with E-state index in [2.05, 4.69) is 4.72 Å². The molecule has 3 aromatic rings. The van der Waals surface area contributed by atoms with Crippen LogP contribution in [0.5, 0.6) is 0 Å². The van der Waals surface area contributed by atoms with E-state index >= 15 is 0 Å². The van der Waals surface area contributed by atoms with E-state index in [1.165, 1.54) is 54.6 Å². The van der Waals surface area contributed by atoms with Crippen LogP contribution in [0.4, 0.5) is 14.5 Å². The minimum Gasteiger partial charge on any atom is -0.462 e. The molecule has 0 saturated carbocycles. The fourth-order valence-electron chi connectivity index (χ4n) is 2.68. The molecule has 0 bridgehead atoms. The Morgan fingerprint density at radius 2 is 1.72 bits per heavy atom. The number of ether oxygens (including phenoxy) is 1. The summed E-state index contributed by atoms with van der Waals surface area (Å²) >= 11 is 0. The van der Waals surface area contributed by atoms with Gasteiger partial charge < -0.3 is 4.74 Å². The first-order valence-corrected chi connectivity index (χ1v) is 10.1. The molecule has 0 spiro atoms. The van der Waals surface area contributed by atoms with Crippen molar-refractivity contribution in [2.45, 2.75) is 11.8 Å². The molecule has 0 fully saturated rings. The summed E-state index contributed by atoms with van der Waals surface area (Å²) in [5.74, 6) is -1.99. The van der Waals surface area contributed by atoms with Crippen molar-refractivity contribution in [1.29, 1.82) is 0 Å². The second kappa shape index (κ2) is 8.40. The van der Waals surface area contributed by atoms with E-state index < -0.39 is 27.6 Å². The molecule has 8 heteroatoms. The molecule has 0 aliphatic carbocycles. The highest BCUT2D eigenvalue weighted by molar-refractivity contribution is 7.92. The molecule has 5 nitrogen and oxygen atoms in total. The van der Waals surface area contributed by atoms with Gasteiger partial charge in [-0.05, 0) is 55.0 Å². The van der Waals surface area contributed by atoms with E-state index in [0.29, 0.717) is 5.56 Å². The summed E-state index contributed by atoms with van der Waals surface area (Å²) in [6, 6.07) is 14.6.